The number of carbonyl (C=O) groups is 1. The largest absolute Gasteiger partial charge is 0.481 e. The van der Waals surface area contributed by atoms with E-state index in [0.29, 0.717) is 11.8 Å². The maximum absolute atomic E-state index is 11.9. The first-order valence-corrected chi connectivity index (χ1v) is 8.45. The molecule has 0 aromatic rings. The lowest BCUT2D eigenvalue weighted by atomic mass is 9.48. The second-order valence-corrected chi connectivity index (χ2v) is 7.92. The van der Waals surface area contributed by atoms with Gasteiger partial charge in [-0.05, 0) is 80.5 Å². The molecule has 19 heavy (non-hydrogen) atoms. The Morgan fingerprint density at radius 3 is 1.89 bits per heavy atom. The monoisotopic (exact) mass is 262 g/mol. The van der Waals surface area contributed by atoms with Gasteiger partial charge in [-0.2, -0.15) is 0 Å². The second-order valence-electron chi connectivity index (χ2n) is 7.92. The molecule has 0 spiro atoms. The van der Waals surface area contributed by atoms with Crippen LogP contribution in [0, 0.1) is 41.4 Å². The zero-order valence-corrected chi connectivity index (χ0v) is 11.8. The molecule has 1 unspecified atom stereocenters. The Labute approximate surface area is 116 Å². The standard InChI is InChI=1S/C17H26O2/c18-17(19)16(12-3-1-2-4-12)15-13-6-10-5-11(8-13)9-14(15)7-10/h10-16H,1-9H2,(H,18,19). The minimum Gasteiger partial charge on any atom is -0.481 e. The summed E-state index contributed by atoms with van der Waals surface area (Å²) in [5, 5.41) is 9.82. The number of rotatable bonds is 3. The highest BCUT2D eigenvalue weighted by Crippen LogP contribution is 2.60. The molecule has 0 radical (unpaired) electrons. The minimum atomic E-state index is -0.468. The quantitative estimate of drug-likeness (QED) is 0.836. The van der Waals surface area contributed by atoms with Crippen molar-refractivity contribution in [1.82, 2.24) is 0 Å². The highest BCUT2D eigenvalue weighted by molar-refractivity contribution is 5.71. The van der Waals surface area contributed by atoms with Crippen LogP contribution in [0.15, 0.2) is 0 Å². The molecule has 0 aromatic heterocycles. The number of carboxylic acid groups (broad SMARTS) is 1. The molecular weight excluding hydrogens is 236 g/mol. The van der Waals surface area contributed by atoms with E-state index in [1.54, 1.807) is 0 Å². The van der Waals surface area contributed by atoms with Gasteiger partial charge in [0.15, 0.2) is 0 Å². The van der Waals surface area contributed by atoms with E-state index in [9.17, 15) is 9.90 Å². The third-order valence-corrected chi connectivity index (χ3v) is 6.91. The molecule has 5 fully saturated rings. The van der Waals surface area contributed by atoms with Crippen molar-refractivity contribution in [3.63, 3.8) is 0 Å². The van der Waals surface area contributed by atoms with Gasteiger partial charge in [0.2, 0.25) is 0 Å². The van der Waals surface area contributed by atoms with Crippen molar-refractivity contribution in [2.24, 2.45) is 41.4 Å². The molecule has 5 aliphatic carbocycles. The summed E-state index contributed by atoms with van der Waals surface area (Å²) in [5.74, 6) is 4.00. The van der Waals surface area contributed by atoms with Crippen molar-refractivity contribution in [2.45, 2.75) is 57.8 Å². The summed E-state index contributed by atoms with van der Waals surface area (Å²) in [6, 6.07) is 0. The van der Waals surface area contributed by atoms with Crippen molar-refractivity contribution >= 4 is 5.97 Å². The first kappa shape index (κ1) is 12.2. The van der Waals surface area contributed by atoms with Gasteiger partial charge in [0.1, 0.15) is 0 Å². The Morgan fingerprint density at radius 1 is 0.895 bits per heavy atom. The van der Waals surface area contributed by atoms with Crippen molar-refractivity contribution < 1.29 is 9.90 Å². The molecule has 2 nitrogen and oxygen atoms in total. The van der Waals surface area contributed by atoms with Gasteiger partial charge in [0, 0.05) is 0 Å². The van der Waals surface area contributed by atoms with Crippen molar-refractivity contribution in [2.75, 3.05) is 0 Å². The lowest BCUT2D eigenvalue weighted by Crippen LogP contribution is -2.50. The molecule has 5 aliphatic rings. The summed E-state index contributed by atoms with van der Waals surface area (Å²) in [5.41, 5.74) is 0. The van der Waals surface area contributed by atoms with Crippen LogP contribution in [0.3, 0.4) is 0 Å². The van der Waals surface area contributed by atoms with E-state index in [1.165, 1.54) is 57.8 Å². The fraction of sp³-hybridized carbons (Fsp3) is 0.941. The third kappa shape index (κ3) is 1.94. The first-order chi connectivity index (χ1) is 9.22. The van der Waals surface area contributed by atoms with Gasteiger partial charge in [0.05, 0.1) is 5.92 Å². The van der Waals surface area contributed by atoms with E-state index in [1.807, 2.05) is 0 Å². The van der Waals surface area contributed by atoms with Crippen LogP contribution in [0.5, 0.6) is 0 Å². The molecule has 0 aliphatic heterocycles. The van der Waals surface area contributed by atoms with Crippen LogP contribution in [0.1, 0.15) is 57.8 Å². The highest BCUT2D eigenvalue weighted by atomic mass is 16.4. The molecule has 0 aromatic carbocycles. The molecule has 4 bridgehead atoms. The van der Waals surface area contributed by atoms with Gasteiger partial charge in [0.25, 0.3) is 0 Å². The topological polar surface area (TPSA) is 37.3 Å². The zero-order chi connectivity index (χ0) is 13.0. The summed E-state index contributed by atoms with van der Waals surface area (Å²) in [7, 11) is 0. The van der Waals surface area contributed by atoms with Crippen LogP contribution >= 0.6 is 0 Å². The van der Waals surface area contributed by atoms with Gasteiger partial charge in [-0.15, -0.1) is 0 Å². The van der Waals surface area contributed by atoms with Crippen LogP contribution in [-0.2, 0) is 4.79 Å². The lowest BCUT2D eigenvalue weighted by molar-refractivity contribution is -0.155. The highest BCUT2D eigenvalue weighted by Gasteiger charge is 2.53. The van der Waals surface area contributed by atoms with Gasteiger partial charge < -0.3 is 5.11 Å². The Kier molecular flexibility index (Phi) is 2.89. The number of carboxylic acids is 1. The normalized spacial score (nSPS) is 46.6. The van der Waals surface area contributed by atoms with Crippen LogP contribution in [0.2, 0.25) is 0 Å². The second kappa shape index (κ2) is 4.49. The van der Waals surface area contributed by atoms with Gasteiger partial charge in [-0.1, -0.05) is 12.8 Å². The smallest absolute Gasteiger partial charge is 0.307 e. The van der Waals surface area contributed by atoms with Crippen LogP contribution in [0.4, 0.5) is 0 Å². The summed E-state index contributed by atoms with van der Waals surface area (Å²) >= 11 is 0. The molecule has 2 heteroatoms. The zero-order valence-electron chi connectivity index (χ0n) is 11.8. The fourth-order valence-corrected chi connectivity index (χ4v) is 6.55. The van der Waals surface area contributed by atoms with Crippen LogP contribution < -0.4 is 0 Å². The third-order valence-electron chi connectivity index (χ3n) is 6.91. The number of hydrogen-bond acceptors (Lipinski definition) is 1. The average Bonchev–Trinajstić information content (AvgIpc) is 2.85. The van der Waals surface area contributed by atoms with Crippen molar-refractivity contribution in [1.29, 1.82) is 0 Å². The lowest BCUT2D eigenvalue weighted by Gasteiger charge is -2.56. The van der Waals surface area contributed by atoms with E-state index < -0.39 is 5.97 Å². The maximum atomic E-state index is 11.9. The Morgan fingerprint density at radius 2 is 1.42 bits per heavy atom. The summed E-state index contributed by atoms with van der Waals surface area (Å²) in [4.78, 5) is 11.9. The summed E-state index contributed by atoms with van der Waals surface area (Å²) < 4.78 is 0. The molecule has 0 amide bonds. The Hall–Kier alpha value is -0.530. The minimum absolute atomic E-state index is 0.00231. The van der Waals surface area contributed by atoms with Gasteiger partial charge in [-0.3, -0.25) is 4.79 Å². The fourth-order valence-electron chi connectivity index (χ4n) is 6.55. The van der Waals surface area contributed by atoms with Crippen molar-refractivity contribution in [3.05, 3.63) is 0 Å². The molecular formula is C17H26O2. The predicted octanol–water partition coefficient (Wildman–Crippen LogP) is 3.95. The molecule has 0 heterocycles. The Balaban J connectivity index is 1.60. The number of aliphatic carboxylic acids is 1. The van der Waals surface area contributed by atoms with Crippen molar-refractivity contribution in [3.8, 4) is 0 Å². The predicted molar refractivity (Wildman–Crippen MR) is 73.6 cm³/mol. The molecule has 0 saturated heterocycles. The Bertz CT molecular complexity index is 341. The molecule has 1 N–H and O–H groups in total. The van der Waals surface area contributed by atoms with Gasteiger partial charge >= 0.3 is 5.97 Å². The van der Waals surface area contributed by atoms with Gasteiger partial charge in [-0.25, -0.2) is 0 Å². The van der Waals surface area contributed by atoms with E-state index >= 15 is 0 Å². The van der Waals surface area contributed by atoms with E-state index in [2.05, 4.69) is 0 Å². The van der Waals surface area contributed by atoms with Crippen LogP contribution in [0.25, 0.3) is 0 Å². The summed E-state index contributed by atoms with van der Waals surface area (Å²) in [6.45, 7) is 0. The van der Waals surface area contributed by atoms with E-state index in [4.69, 9.17) is 0 Å². The molecule has 5 rings (SSSR count). The average molecular weight is 262 g/mol. The van der Waals surface area contributed by atoms with Crippen LogP contribution in [-0.4, -0.2) is 11.1 Å². The number of hydrogen-bond donors (Lipinski definition) is 1. The molecule has 106 valence electrons. The SMILES string of the molecule is O=C(O)C(C1CCCC1)C1C2CC3CC(C2)CC1C3. The first-order valence-electron chi connectivity index (χ1n) is 8.45. The molecule has 1 atom stereocenters. The molecule has 5 saturated carbocycles. The summed E-state index contributed by atoms with van der Waals surface area (Å²) in [6.07, 6.45) is 11.8. The van der Waals surface area contributed by atoms with E-state index in [0.717, 1.165) is 23.7 Å². The van der Waals surface area contributed by atoms with E-state index in [-0.39, 0.29) is 5.92 Å². The maximum Gasteiger partial charge on any atom is 0.307 e.